The molecule has 1 aromatic heterocycles. The Morgan fingerprint density at radius 3 is 2.48 bits per heavy atom. The summed E-state index contributed by atoms with van der Waals surface area (Å²) in [6, 6.07) is 13.9. The van der Waals surface area contributed by atoms with E-state index in [1.165, 1.54) is 0 Å². The van der Waals surface area contributed by atoms with E-state index in [9.17, 15) is 9.59 Å². The number of benzene rings is 2. The van der Waals surface area contributed by atoms with Gasteiger partial charge in [0.15, 0.2) is 6.61 Å². The Hall–Kier alpha value is -3.12. The molecule has 3 rings (SSSR count). The molecule has 7 heteroatoms. The third kappa shape index (κ3) is 4.54. The first-order valence-electron chi connectivity index (χ1n) is 8.28. The lowest BCUT2D eigenvalue weighted by Gasteiger charge is -2.08. The van der Waals surface area contributed by atoms with Crippen LogP contribution in [0.4, 0.5) is 5.69 Å². The number of hydrogen-bond donors (Lipinski definition) is 1. The Morgan fingerprint density at radius 2 is 1.85 bits per heavy atom. The summed E-state index contributed by atoms with van der Waals surface area (Å²) in [6.45, 7) is 3.42. The molecule has 0 atom stereocenters. The fraction of sp³-hybridized carbons (Fsp3) is 0.150. The Kier molecular flexibility index (Phi) is 5.57. The number of halogens is 1. The van der Waals surface area contributed by atoms with Crippen LogP contribution < -0.4 is 5.32 Å². The van der Waals surface area contributed by atoms with Gasteiger partial charge in [-0.1, -0.05) is 17.7 Å². The number of nitrogens with zero attached hydrogens (tertiary/aromatic N) is 2. The van der Waals surface area contributed by atoms with Gasteiger partial charge in [0.05, 0.1) is 11.3 Å². The van der Waals surface area contributed by atoms with Crippen LogP contribution in [0.5, 0.6) is 0 Å². The van der Waals surface area contributed by atoms with Crippen molar-refractivity contribution in [3.05, 3.63) is 76.6 Å². The highest BCUT2D eigenvalue weighted by Gasteiger charge is 2.11. The quantitative estimate of drug-likeness (QED) is 0.677. The number of amides is 1. The van der Waals surface area contributed by atoms with Crippen molar-refractivity contribution in [3.8, 4) is 5.69 Å². The van der Waals surface area contributed by atoms with Gasteiger partial charge in [-0.05, 0) is 61.9 Å². The number of rotatable bonds is 5. The van der Waals surface area contributed by atoms with Crippen LogP contribution >= 0.6 is 11.6 Å². The van der Waals surface area contributed by atoms with E-state index in [1.807, 2.05) is 19.9 Å². The molecule has 0 unspecified atom stereocenters. The summed E-state index contributed by atoms with van der Waals surface area (Å²) in [5, 5.41) is 7.40. The lowest BCUT2D eigenvalue weighted by molar-refractivity contribution is -0.119. The molecule has 0 spiro atoms. The maximum Gasteiger partial charge on any atom is 0.338 e. The van der Waals surface area contributed by atoms with Gasteiger partial charge >= 0.3 is 5.97 Å². The van der Waals surface area contributed by atoms with Gasteiger partial charge in [-0.25, -0.2) is 9.48 Å². The highest BCUT2D eigenvalue weighted by atomic mass is 35.5. The van der Waals surface area contributed by atoms with Gasteiger partial charge in [0.25, 0.3) is 5.91 Å². The van der Waals surface area contributed by atoms with Crippen LogP contribution in [0, 0.1) is 13.8 Å². The molecule has 0 fully saturated rings. The van der Waals surface area contributed by atoms with Crippen molar-refractivity contribution in [3.63, 3.8) is 0 Å². The van der Waals surface area contributed by atoms with E-state index >= 15 is 0 Å². The average molecular weight is 384 g/mol. The molecule has 6 nitrogen and oxygen atoms in total. The van der Waals surface area contributed by atoms with Gasteiger partial charge in [0.2, 0.25) is 0 Å². The highest BCUT2D eigenvalue weighted by molar-refractivity contribution is 6.31. The minimum absolute atomic E-state index is 0.356. The lowest BCUT2D eigenvalue weighted by atomic mass is 10.2. The zero-order valence-electron chi connectivity index (χ0n) is 14.9. The number of nitrogens with one attached hydrogen (secondary N) is 1. The molecular weight excluding hydrogens is 366 g/mol. The normalized spacial score (nSPS) is 10.5. The molecule has 0 saturated carbocycles. The molecule has 0 aliphatic carbocycles. The van der Waals surface area contributed by atoms with Crippen LogP contribution in [0.2, 0.25) is 5.02 Å². The molecule has 0 bridgehead atoms. The second-order valence-corrected chi connectivity index (χ2v) is 6.43. The zero-order valence-corrected chi connectivity index (χ0v) is 15.7. The van der Waals surface area contributed by atoms with Crippen molar-refractivity contribution in [2.45, 2.75) is 13.8 Å². The fourth-order valence-corrected chi connectivity index (χ4v) is 2.64. The van der Waals surface area contributed by atoms with Crippen LogP contribution in [-0.2, 0) is 9.53 Å². The summed E-state index contributed by atoms with van der Waals surface area (Å²) in [4.78, 5) is 24.1. The molecule has 1 heterocycles. The van der Waals surface area contributed by atoms with E-state index in [0.717, 1.165) is 16.9 Å². The van der Waals surface area contributed by atoms with Crippen molar-refractivity contribution in [2.24, 2.45) is 0 Å². The predicted molar refractivity (Wildman–Crippen MR) is 103 cm³/mol. The van der Waals surface area contributed by atoms with E-state index in [0.29, 0.717) is 16.3 Å². The summed E-state index contributed by atoms with van der Waals surface area (Å²) in [5.41, 5.74) is 3.64. The Labute approximate surface area is 161 Å². The van der Waals surface area contributed by atoms with Gasteiger partial charge in [-0.3, -0.25) is 4.79 Å². The van der Waals surface area contributed by atoms with Gasteiger partial charge in [-0.15, -0.1) is 0 Å². The topological polar surface area (TPSA) is 73.2 Å². The van der Waals surface area contributed by atoms with Crippen molar-refractivity contribution >= 4 is 29.2 Å². The zero-order chi connectivity index (χ0) is 19.4. The summed E-state index contributed by atoms with van der Waals surface area (Å²) in [6.07, 6.45) is 1.71. The average Bonchev–Trinajstić information content (AvgIpc) is 3.09. The smallest absolute Gasteiger partial charge is 0.338 e. The van der Waals surface area contributed by atoms with E-state index in [-0.39, 0.29) is 6.61 Å². The van der Waals surface area contributed by atoms with E-state index < -0.39 is 11.9 Å². The Balaban J connectivity index is 1.56. The molecule has 3 aromatic rings. The third-order valence-electron chi connectivity index (χ3n) is 3.97. The molecule has 0 radical (unpaired) electrons. The minimum atomic E-state index is -0.573. The van der Waals surface area contributed by atoms with E-state index in [4.69, 9.17) is 16.3 Å². The minimum Gasteiger partial charge on any atom is -0.452 e. The summed E-state index contributed by atoms with van der Waals surface area (Å²) < 4.78 is 6.82. The number of esters is 1. The van der Waals surface area contributed by atoms with Crippen LogP contribution in [0.3, 0.4) is 0 Å². The molecule has 2 aromatic carbocycles. The Morgan fingerprint density at radius 1 is 1.11 bits per heavy atom. The maximum absolute atomic E-state index is 12.1. The largest absolute Gasteiger partial charge is 0.452 e. The first-order chi connectivity index (χ1) is 12.9. The molecule has 138 valence electrons. The number of ether oxygens (including phenoxy) is 1. The predicted octanol–water partition coefficient (Wildman–Crippen LogP) is 3.94. The van der Waals surface area contributed by atoms with E-state index in [2.05, 4.69) is 10.4 Å². The number of hydrogen-bond acceptors (Lipinski definition) is 4. The van der Waals surface area contributed by atoms with Crippen molar-refractivity contribution in [1.82, 2.24) is 9.78 Å². The first-order valence-corrected chi connectivity index (χ1v) is 8.66. The molecular formula is C20H18ClN3O3. The van der Waals surface area contributed by atoms with Crippen LogP contribution in [-0.4, -0.2) is 28.3 Å². The maximum atomic E-state index is 12.1. The first kappa shape index (κ1) is 18.7. The molecule has 27 heavy (non-hydrogen) atoms. The lowest BCUT2D eigenvalue weighted by Crippen LogP contribution is -2.21. The summed E-state index contributed by atoms with van der Waals surface area (Å²) >= 11 is 6.02. The molecule has 0 aliphatic heterocycles. The summed E-state index contributed by atoms with van der Waals surface area (Å²) in [5.74, 6) is -1.01. The van der Waals surface area contributed by atoms with Crippen molar-refractivity contribution in [1.29, 1.82) is 0 Å². The van der Waals surface area contributed by atoms with Gasteiger partial charge < -0.3 is 10.1 Å². The molecule has 0 aliphatic rings. The van der Waals surface area contributed by atoms with Gasteiger partial charge in [-0.2, -0.15) is 5.10 Å². The van der Waals surface area contributed by atoms with Crippen LogP contribution in [0.25, 0.3) is 5.69 Å². The number of anilines is 1. The third-order valence-corrected chi connectivity index (χ3v) is 4.38. The van der Waals surface area contributed by atoms with Crippen molar-refractivity contribution < 1.29 is 14.3 Å². The molecule has 0 saturated heterocycles. The van der Waals surface area contributed by atoms with Gasteiger partial charge in [0, 0.05) is 22.6 Å². The van der Waals surface area contributed by atoms with Crippen LogP contribution in [0.1, 0.15) is 21.6 Å². The Bertz CT molecular complexity index is 980. The fourth-order valence-electron chi connectivity index (χ4n) is 2.46. The van der Waals surface area contributed by atoms with Crippen molar-refractivity contribution in [2.75, 3.05) is 11.9 Å². The monoisotopic (exact) mass is 383 g/mol. The molecule has 1 amide bonds. The second-order valence-electron chi connectivity index (χ2n) is 6.02. The second kappa shape index (κ2) is 8.05. The number of aryl methyl sites for hydroxylation is 2. The standard InChI is InChI=1S/C20H18ClN3O3/c1-13-3-6-16(11-18(13)21)23-19(25)12-27-20(26)15-4-7-17(8-5-15)24-14(2)9-10-22-24/h3-11H,12H2,1-2H3,(H,23,25). The molecule has 1 N–H and O–H groups in total. The SMILES string of the molecule is Cc1ccc(NC(=O)COC(=O)c2ccc(-n3nccc3C)cc2)cc1Cl. The number of carbonyl (C=O) groups is 2. The number of aromatic nitrogens is 2. The van der Waals surface area contributed by atoms with Crippen LogP contribution in [0.15, 0.2) is 54.7 Å². The van der Waals surface area contributed by atoms with E-state index in [1.54, 1.807) is 53.3 Å². The summed E-state index contributed by atoms with van der Waals surface area (Å²) in [7, 11) is 0. The van der Waals surface area contributed by atoms with Gasteiger partial charge in [0.1, 0.15) is 0 Å². The highest BCUT2D eigenvalue weighted by Crippen LogP contribution is 2.20. The number of carbonyl (C=O) groups excluding carboxylic acids is 2.